The average molecular weight is 255 g/mol. The Kier molecular flexibility index (Phi) is 4.45. The van der Waals surface area contributed by atoms with E-state index in [-0.39, 0.29) is 0 Å². The summed E-state index contributed by atoms with van der Waals surface area (Å²) in [5, 5.41) is 0. The van der Waals surface area contributed by atoms with Crippen LogP contribution >= 0.6 is 0 Å². The van der Waals surface area contributed by atoms with Crippen molar-refractivity contribution < 1.29 is 4.74 Å². The van der Waals surface area contributed by atoms with Gasteiger partial charge in [-0.3, -0.25) is 0 Å². The van der Waals surface area contributed by atoms with Gasteiger partial charge in [-0.1, -0.05) is 30.3 Å². The zero-order valence-corrected chi connectivity index (χ0v) is 11.6. The molecule has 0 amide bonds. The van der Waals surface area contributed by atoms with E-state index in [4.69, 9.17) is 10.5 Å². The summed E-state index contributed by atoms with van der Waals surface area (Å²) < 4.78 is 5.84. The number of hydrogen-bond acceptors (Lipinski definition) is 2. The zero-order chi connectivity index (χ0) is 13.7. The standard InChI is InChI=1S/C17H21NO/c1-13-12-17(14(2)11-16(13)18)19-10-6-9-15-7-4-3-5-8-15/h3-5,7-8,11-12H,6,9-10,18H2,1-2H3. The molecule has 0 bridgehead atoms. The zero-order valence-electron chi connectivity index (χ0n) is 11.6. The molecule has 0 atom stereocenters. The molecule has 0 saturated heterocycles. The van der Waals surface area contributed by atoms with E-state index < -0.39 is 0 Å². The number of anilines is 1. The molecule has 0 aromatic heterocycles. The molecule has 2 nitrogen and oxygen atoms in total. The first-order valence-electron chi connectivity index (χ1n) is 6.70. The van der Waals surface area contributed by atoms with E-state index in [0.29, 0.717) is 0 Å². The molecule has 2 heteroatoms. The largest absolute Gasteiger partial charge is 0.493 e. The van der Waals surface area contributed by atoms with Crippen molar-refractivity contribution in [2.75, 3.05) is 12.3 Å². The lowest BCUT2D eigenvalue weighted by molar-refractivity contribution is 0.309. The Hall–Kier alpha value is -1.96. The minimum atomic E-state index is 0.735. The van der Waals surface area contributed by atoms with E-state index in [9.17, 15) is 0 Å². The quantitative estimate of drug-likeness (QED) is 0.649. The lowest BCUT2D eigenvalue weighted by Crippen LogP contribution is -2.02. The molecule has 0 fully saturated rings. The minimum absolute atomic E-state index is 0.735. The van der Waals surface area contributed by atoms with Gasteiger partial charge in [0.2, 0.25) is 0 Å². The minimum Gasteiger partial charge on any atom is -0.493 e. The van der Waals surface area contributed by atoms with Crippen LogP contribution < -0.4 is 10.5 Å². The molecule has 0 aliphatic carbocycles. The van der Waals surface area contributed by atoms with Crippen LogP contribution in [0.3, 0.4) is 0 Å². The molecule has 0 aliphatic heterocycles. The summed E-state index contributed by atoms with van der Waals surface area (Å²) in [6, 6.07) is 14.5. The van der Waals surface area contributed by atoms with Gasteiger partial charge in [0.05, 0.1) is 6.61 Å². The van der Waals surface area contributed by atoms with Gasteiger partial charge in [0, 0.05) is 5.69 Å². The lowest BCUT2D eigenvalue weighted by atomic mass is 10.1. The van der Waals surface area contributed by atoms with Crippen molar-refractivity contribution in [1.82, 2.24) is 0 Å². The first kappa shape index (κ1) is 13.5. The van der Waals surface area contributed by atoms with Gasteiger partial charge in [-0.05, 0) is 55.5 Å². The smallest absolute Gasteiger partial charge is 0.122 e. The number of hydrogen-bond donors (Lipinski definition) is 1. The maximum absolute atomic E-state index is 5.86. The molecule has 2 aromatic carbocycles. The van der Waals surface area contributed by atoms with E-state index in [1.165, 1.54) is 5.56 Å². The van der Waals surface area contributed by atoms with Crippen LogP contribution in [0.25, 0.3) is 0 Å². The van der Waals surface area contributed by atoms with E-state index in [2.05, 4.69) is 24.3 Å². The van der Waals surface area contributed by atoms with Crippen LogP contribution in [0.15, 0.2) is 42.5 Å². The fraction of sp³-hybridized carbons (Fsp3) is 0.294. The second kappa shape index (κ2) is 6.28. The first-order valence-corrected chi connectivity index (χ1v) is 6.70. The molecule has 0 aliphatic rings. The molecule has 2 aromatic rings. The fourth-order valence-electron chi connectivity index (χ4n) is 2.07. The van der Waals surface area contributed by atoms with Crippen LogP contribution in [0.2, 0.25) is 0 Å². The first-order chi connectivity index (χ1) is 9.16. The fourth-order valence-corrected chi connectivity index (χ4v) is 2.07. The van der Waals surface area contributed by atoms with Crippen molar-refractivity contribution in [3.05, 3.63) is 59.2 Å². The molecule has 100 valence electrons. The van der Waals surface area contributed by atoms with E-state index in [1.54, 1.807) is 0 Å². The number of aryl methyl sites for hydroxylation is 3. The second-order valence-electron chi connectivity index (χ2n) is 4.91. The molecule has 0 heterocycles. The lowest BCUT2D eigenvalue weighted by Gasteiger charge is -2.11. The second-order valence-corrected chi connectivity index (χ2v) is 4.91. The number of nitrogens with two attached hydrogens (primary N) is 1. The molecule has 0 unspecified atom stereocenters. The van der Waals surface area contributed by atoms with Gasteiger partial charge in [0.1, 0.15) is 5.75 Å². The Balaban J connectivity index is 1.85. The van der Waals surface area contributed by atoms with Gasteiger partial charge in [0.25, 0.3) is 0 Å². The third-order valence-electron chi connectivity index (χ3n) is 3.27. The summed E-state index contributed by atoms with van der Waals surface area (Å²) in [7, 11) is 0. The van der Waals surface area contributed by atoms with Crippen molar-refractivity contribution in [2.24, 2.45) is 0 Å². The Bertz CT molecular complexity index is 534. The monoisotopic (exact) mass is 255 g/mol. The molecule has 2 rings (SSSR count). The highest BCUT2D eigenvalue weighted by Crippen LogP contribution is 2.24. The molecule has 0 saturated carbocycles. The van der Waals surface area contributed by atoms with Crippen LogP contribution in [0.5, 0.6) is 5.75 Å². The predicted molar refractivity (Wildman–Crippen MR) is 80.6 cm³/mol. The number of benzene rings is 2. The highest BCUT2D eigenvalue weighted by Gasteiger charge is 2.03. The predicted octanol–water partition coefficient (Wildman–Crippen LogP) is 3.90. The van der Waals surface area contributed by atoms with Crippen LogP contribution in [0.1, 0.15) is 23.1 Å². The molecule has 2 N–H and O–H groups in total. The van der Waals surface area contributed by atoms with Gasteiger partial charge in [-0.25, -0.2) is 0 Å². The van der Waals surface area contributed by atoms with Crippen LogP contribution in [0.4, 0.5) is 5.69 Å². The molecular formula is C17H21NO. The summed E-state index contributed by atoms with van der Waals surface area (Å²) in [6.45, 7) is 4.77. The Morgan fingerprint density at radius 2 is 1.74 bits per heavy atom. The van der Waals surface area contributed by atoms with Crippen LogP contribution in [-0.4, -0.2) is 6.61 Å². The third-order valence-corrected chi connectivity index (χ3v) is 3.27. The maximum Gasteiger partial charge on any atom is 0.122 e. The summed E-state index contributed by atoms with van der Waals surface area (Å²) in [5.74, 6) is 0.944. The van der Waals surface area contributed by atoms with Gasteiger partial charge >= 0.3 is 0 Å². The molecule has 0 spiro atoms. The normalized spacial score (nSPS) is 10.4. The van der Waals surface area contributed by atoms with E-state index in [1.807, 2.05) is 32.0 Å². The Labute approximate surface area is 115 Å². The van der Waals surface area contributed by atoms with Crippen molar-refractivity contribution >= 4 is 5.69 Å². The third kappa shape index (κ3) is 3.75. The van der Waals surface area contributed by atoms with Gasteiger partial charge in [0.15, 0.2) is 0 Å². The summed E-state index contributed by atoms with van der Waals surface area (Å²) in [5.41, 5.74) is 10.2. The van der Waals surface area contributed by atoms with E-state index in [0.717, 1.165) is 42.0 Å². The number of ether oxygens (including phenoxy) is 1. The Morgan fingerprint density at radius 1 is 1.00 bits per heavy atom. The maximum atomic E-state index is 5.86. The number of nitrogen functional groups attached to an aromatic ring is 1. The van der Waals surface area contributed by atoms with Crippen molar-refractivity contribution in [1.29, 1.82) is 0 Å². The number of rotatable bonds is 5. The Morgan fingerprint density at radius 3 is 2.47 bits per heavy atom. The van der Waals surface area contributed by atoms with E-state index >= 15 is 0 Å². The highest BCUT2D eigenvalue weighted by molar-refractivity contribution is 5.53. The molecular weight excluding hydrogens is 234 g/mol. The summed E-state index contributed by atoms with van der Waals surface area (Å²) in [6.07, 6.45) is 2.07. The van der Waals surface area contributed by atoms with Crippen molar-refractivity contribution in [2.45, 2.75) is 26.7 Å². The van der Waals surface area contributed by atoms with Crippen molar-refractivity contribution in [3.8, 4) is 5.75 Å². The SMILES string of the molecule is Cc1cc(OCCCc2ccccc2)c(C)cc1N. The van der Waals surface area contributed by atoms with Crippen LogP contribution in [0, 0.1) is 13.8 Å². The van der Waals surface area contributed by atoms with Crippen LogP contribution in [-0.2, 0) is 6.42 Å². The average Bonchev–Trinajstić information content (AvgIpc) is 2.41. The summed E-state index contributed by atoms with van der Waals surface area (Å²) >= 11 is 0. The van der Waals surface area contributed by atoms with Gasteiger partial charge in [-0.2, -0.15) is 0 Å². The molecule has 19 heavy (non-hydrogen) atoms. The topological polar surface area (TPSA) is 35.2 Å². The van der Waals surface area contributed by atoms with Gasteiger partial charge < -0.3 is 10.5 Å². The molecule has 0 radical (unpaired) electrons. The highest BCUT2D eigenvalue weighted by atomic mass is 16.5. The van der Waals surface area contributed by atoms with Gasteiger partial charge in [-0.15, -0.1) is 0 Å². The summed E-state index contributed by atoms with van der Waals surface area (Å²) in [4.78, 5) is 0. The van der Waals surface area contributed by atoms with Crippen molar-refractivity contribution in [3.63, 3.8) is 0 Å².